The van der Waals surface area contributed by atoms with Crippen LogP contribution in [0.5, 0.6) is 0 Å². The Morgan fingerprint density at radius 3 is 2.80 bits per heavy atom. The van der Waals surface area contributed by atoms with E-state index in [9.17, 15) is 4.79 Å². The van der Waals surface area contributed by atoms with Crippen molar-refractivity contribution in [2.45, 2.75) is 19.4 Å². The van der Waals surface area contributed by atoms with Gasteiger partial charge in [-0.3, -0.25) is 9.89 Å². The Morgan fingerprint density at radius 2 is 2.20 bits per heavy atom. The third kappa shape index (κ3) is 3.42. The first-order chi connectivity index (χ1) is 9.70. The van der Waals surface area contributed by atoms with E-state index in [1.165, 1.54) is 6.33 Å². The summed E-state index contributed by atoms with van der Waals surface area (Å²) in [7, 11) is 0. The number of aromatic amines is 1. The van der Waals surface area contributed by atoms with Crippen molar-refractivity contribution >= 4 is 5.91 Å². The van der Waals surface area contributed by atoms with Gasteiger partial charge in [0.25, 0.3) is 0 Å². The van der Waals surface area contributed by atoms with Gasteiger partial charge < -0.3 is 5.32 Å². The quantitative estimate of drug-likeness (QED) is 0.857. The topological polar surface area (TPSA) is 94.5 Å². The number of carbonyl (C=O) groups is 1. The van der Waals surface area contributed by atoms with E-state index in [1.54, 1.807) is 6.92 Å². The van der Waals surface area contributed by atoms with Gasteiger partial charge in [-0.05, 0) is 18.9 Å². The molecule has 0 radical (unpaired) electrons. The second-order valence-corrected chi connectivity index (χ2v) is 4.47. The SMILES string of the molecule is CC(NC(=O)C(C#N)Cc1ccccc1)c1ncn[nH]1. The highest BCUT2D eigenvalue weighted by atomic mass is 16.1. The number of aromatic nitrogens is 3. The molecule has 0 spiro atoms. The normalized spacial score (nSPS) is 13.2. The predicted molar refractivity (Wildman–Crippen MR) is 72.2 cm³/mol. The van der Waals surface area contributed by atoms with Crippen LogP contribution >= 0.6 is 0 Å². The Bertz CT molecular complexity index is 588. The molecule has 0 fully saturated rings. The Labute approximate surface area is 116 Å². The molecular formula is C14H15N5O. The molecule has 102 valence electrons. The van der Waals surface area contributed by atoms with Crippen LogP contribution in [-0.4, -0.2) is 21.1 Å². The lowest BCUT2D eigenvalue weighted by molar-refractivity contribution is -0.124. The van der Waals surface area contributed by atoms with Gasteiger partial charge in [-0.25, -0.2) is 4.98 Å². The van der Waals surface area contributed by atoms with Gasteiger partial charge in [0.2, 0.25) is 5.91 Å². The molecule has 0 aliphatic rings. The third-order valence-corrected chi connectivity index (χ3v) is 2.96. The number of rotatable bonds is 5. The van der Waals surface area contributed by atoms with E-state index >= 15 is 0 Å². The fourth-order valence-electron chi connectivity index (χ4n) is 1.85. The highest BCUT2D eigenvalue weighted by Crippen LogP contribution is 2.11. The van der Waals surface area contributed by atoms with Crippen LogP contribution in [0.2, 0.25) is 0 Å². The van der Waals surface area contributed by atoms with Gasteiger partial charge in [0, 0.05) is 0 Å². The molecule has 2 unspecified atom stereocenters. The number of benzene rings is 1. The number of nitriles is 1. The van der Waals surface area contributed by atoms with Crippen LogP contribution in [0.4, 0.5) is 0 Å². The summed E-state index contributed by atoms with van der Waals surface area (Å²) >= 11 is 0. The molecule has 0 aliphatic heterocycles. The van der Waals surface area contributed by atoms with E-state index in [-0.39, 0.29) is 11.9 Å². The molecule has 0 aliphatic carbocycles. The number of hydrogen-bond acceptors (Lipinski definition) is 4. The number of nitrogens with zero attached hydrogens (tertiary/aromatic N) is 3. The van der Waals surface area contributed by atoms with Crippen LogP contribution in [0.3, 0.4) is 0 Å². The summed E-state index contributed by atoms with van der Waals surface area (Å²) in [5.41, 5.74) is 0.960. The van der Waals surface area contributed by atoms with Crippen LogP contribution in [-0.2, 0) is 11.2 Å². The fraction of sp³-hybridized carbons (Fsp3) is 0.286. The molecular weight excluding hydrogens is 254 g/mol. The first kappa shape index (κ1) is 13.7. The molecule has 1 aromatic carbocycles. The van der Waals surface area contributed by atoms with Crippen LogP contribution in [0.25, 0.3) is 0 Å². The van der Waals surface area contributed by atoms with Crippen molar-refractivity contribution in [2.75, 3.05) is 0 Å². The van der Waals surface area contributed by atoms with Gasteiger partial charge in [0.1, 0.15) is 18.1 Å². The summed E-state index contributed by atoms with van der Waals surface area (Å²) in [4.78, 5) is 16.1. The lowest BCUT2D eigenvalue weighted by atomic mass is 9.99. The summed E-state index contributed by atoms with van der Waals surface area (Å²) < 4.78 is 0. The number of carbonyl (C=O) groups excluding carboxylic acids is 1. The van der Waals surface area contributed by atoms with Crippen molar-refractivity contribution in [3.63, 3.8) is 0 Å². The smallest absolute Gasteiger partial charge is 0.238 e. The van der Waals surface area contributed by atoms with Gasteiger partial charge in [0.05, 0.1) is 12.1 Å². The lowest BCUT2D eigenvalue weighted by Crippen LogP contribution is -2.33. The average molecular weight is 269 g/mol. The second kappa shape index (κ2) is 6.48. The van der Waals surface area contributed by atoms with Gasteiger partial charge >= 0.3 is 0 Å². The minimum atomic E-state index is -0.720. The van der Waals surface area contributed by atoms with Gasteiger partial charge in [-0.15, -0.1) is 0 Å². The summed E-state index contributed by atoms with van der Waals surface area (Å²) in [6, 6.07) is 11.2. The standard InChI is InChI=1S/C14H15N5O/c1-10(13-16-9-17-19-13)18-14(20)12(8-15)7-11-5-3-2-4-6-11/h2-6,9-10,12H,7H2,1H3,(H,18,20)(H,16,17,19). The molecule has 20 heavy (non-hydrogen) atoms. The molecule has 2 aromatic rings. The summed E-state index contributed by atoms with van der Waals surface area (Å²) in [5.74, 6) is -0.460. The van der Waals surface area contributed by atoms with E-state index in [0.29, 0.717) is 12.2 Å². The van der Waals surface area contributed by atoms with E-state index in [1.807, 2.05) is 36.4 Å². The zero-order chi connectivity index (χ0) is 14.4. The van der Waals surface area contributed by atoms with Gasteiger partial charge in [-0.2, -0.15) is 10.4 Å². The second-order valence-electron chi connectivity index (χ2n) is 4.47. The number of hydrogen-bond donors (Lipinski definition) is 2. The Morgan fingerprint density at radius 1 is 1.45 bits per heavy atom. The maximum absolute atomic E-state index is 12.1. The maximum atomic E-state index is 12.1. The van der Waals surface area contributed by atoms with E-state index in [4.69, 9.17) is 5.26 Å². The molecule has 0 bridgehead atoms. The Kier molecular flexibility index (Phi) is 4.45. The average Bonchev–Trinajstić information content (AvgIpc) is 3.00. The molecule has 0 saturated heterocycles. The molecule has 1 aromatic heterocycles. The van der Waals surface area contributed by atoms with Gasteiger partial charge in [-0.1, -0.05) is 30.3 Å². The first-order valence-electron chi connectivity index (χ1n) is 6.30. The molecule has 0 saturated carbocycles. The van der Waals surface area contributed by atoms with Crippen LogP contribution < -0.4 is 5.32 Å². The van der Waals surface area contributed by atoms with Crippen molar-refractivity contribution in [1.82, 2.24) is 20.5 Å². The third-order valence-electron chi connectivity index (χ3n) is 2.96. The molecule has 2 rings (SSSR count). The van der Waals surface area contributed by atoms with Gasteiger partial charge in [0.15, 0.2) is 0 Å². The predicted octanol–water partition coefficient (Wildman–Crippen LogP) is 1.36. The lowest BCUT2D eigenvalue weighted by Gasteiger charge is -2.14. The van der Waals surface area contributed by atoms with Crippen molar-refractivity contribution in [2.24, 2.45) is 5.92 Å². The Hall–Kier alpha value is -2.68. The van der Waals surface area contributed by atoms with E-state index in [0.717, 1.165) is 5.56 Å². The number of amides is 1. The minimum absolute atomic E-state index is 0.305. The molecule has 2 atom stereocenters. The van der Waals surface area contributed by atoms with Crippen molar-refractivity contribution in [3.8, 4) is 6.07 Å². The molecule has 2 N–H and O–H groups in total. The van der Waals surface area contributed by atoms with Crippen LogP contribution in [0, 0.1) is 17.2 Å². The minimum Gasteiger partial charge on any atom is -0.345 e. The fourth-order valence-corrected chi connectivity index (χ4v) is 1.85. The van der Waals surface area contributed by atoms with E-state index < -0.39 is 5.92 Å². The highest BCUT2D eigenvalue weighted by Gasteiger charge is 2.21. The molecule has 6 heteroatoms. The van der Waals surface area contributed by atoms with Crippen LogP contribution in [0.1, 0.15) is 24.4 Å². The monoisotopic (exact) mass is 269 g/mol. The summed E-state index contributed by atoms with van der Waals surface area (Å²) in [6.45, 7) is 1.79. The summed E-state index contributed by atoms with van der Waals surface area (Å²) in [6.07, 6.45) is 1.77. The van der Waals surface area contributed by atoms with Crippen molar-refractivity contribution < 1.29 is 4.79 Å². The number of H-pyrrole nitrogens is 1. The van der Waals surface area contributed by atoms with Crippen LogP contribution in [0.15, 0.2) is 36.7 Å². The molecule has 6 nitrogen and oxygen atoms in total. The summed E-state index contributed by atoms with van der Waals surface area (Å²) in [5, 5.41) is 18.3. The van der Waals surface area contributed by atoms with E-state index in [2.05, 4.69) is 20.5 Å². The first-order valence-corrected chi connectivity index (χ1v) is 6.30. The zero-order valence-electron chi connectivity index (χ0n) is 11.1. The molecule has 1 heterocycles. The largest absolute Gasteiger partial charge is 0.345 e. The highest BCUT2D eigenvalue weighted by molar-refractivity contribution is 5.81. The van der Waals surface area contributed by atoms with Crippen molar-refractivity contribution in [1.29, 1.82) is 5.26 Å². The zero-order valence-corrected chi connectivity index (χ0v) is 11.1. The van der Waals surface area contributed by atoms with Crippen molar-refractivity contribution in [3.05, 3.63) is 48.0 Å². The molecule has 1 amide bonds. The number of nitrogens with one attached hydrogen (secondary N) is 2. The maximum Gasteiger partial charge on any atom is 0.238 e. The Balaban J connectivity index is 1.98.